The number of ether oxygens (including phenoxy) is 1. The second kappa shape index (κ2) is 5.85. The number of carbonyl (C=O) groups excluding carboxylic acids is 1. The third-order valence-electron chi connectivity index (χ3n) is 3.87. The molecule has 1 aliphatic rings. The van der Waals surface area contributed by atoms with E-state index in [-0.39, 0.29) is 12.1 Å². The van der Waals surface area contributed by atoms with Crippen LogP contribution in [0, 0.1) is 20.8 Å². The predicted molar refractivity (Wildman–Crippen MR) is 84.1 cm³/mol. The SMILES string of the molecule is COC(=O)/C=C\[C@H]1[C@H](C)N1S(=O)(=O)c1c(C)cc(C)cc1C. The summed E-state index contributed by atoms with van der Waals surface area (Å²) < 4.78 is 31.7. The van der Waals surface area contributed by atoms with E-state index in [0.29, 0.717) is 4.90 Å². The number of hydrogen-bond acceptors (Lipinski definition) is 4. The first-order valence-corrected chi connectivity index (χ1v) is 8.51. The highest BCUT2D eigenvalue weighted by Crippen LogP contribution is 2.38. The van der Waals surface area contributed by atoms with E-state index < -0.39 is 16.0 Å². The van der Waals surface area contributed by atoms with Gasteiger partial charge >= 0.3 is 5.97 Å². The lowest BCUT2D eigenvalue weighted by Crippen LogP contribution is -2.18. The van der Waals surface area contributed by atoms with E-state index in [2.05, 4.69) is 4.74 Å². The van der Waals surface area contributed by atoms with E-state index >= 15 is 0 Å². The van der Waals surface area contributed by atoms with Gasteiger partial charge in [-0.3, -0.25) is 0 Å². The second-order valence-corrected chi connectivity index (χ2v) is 7.46. The molecule has 1 aromatic carbocycles. The Labute approximate surface area is 131 Å². The van der Waals surface area contributed by atoms with Gasteiger partial charge in [0, 0.05) is 12.1 Å². The zero-order chi connectivity index (χ0) is 16.7. The Hall–Kier alpha value is -1.66. The van der Waals surface area contributed by atoms with Gasteiger partial charge in [0.05, 0.1) is 18.0 Å². The number of esters is 1. The van der Waals surface area contributed by atoms with Crippen LogP contribution in [-0.4, -0.2) is 37.9 Å². The van der Waals surface area contributed by atoms with Gasteiger partial charge in [0.15, 0.2) is 0 Å². The molecule has 0 aromatic heterocycles. The summed E-state index contributed by atoms with van der Waals surface area (Å²) in [4.78, 5) is 11.5. The Balaban J connectivity index is 2.34. The Morgan fingerprint density at radius 2 is 1.77 bits per heavy atom. The third-order valence-corrected chi connectivity index (χ3v) is 6.16. The van der Waals surface area contributed by atoms with E-state index in [0.717, 1.165) is 16.7 Å². The van der Waals surface area contributed by atoms with Crippen LogP contribution in [0.4, 0.5) is 0 Å². The van der Waals surface area contributed by atoms with Gasteiger partial charge in [0.1, 0.15) is 0 Å². The summed E-state index contributed by atoms with van der Waals surface area (Å²) in [7, 11) is -2.28. The maximum atomic E-state index is 12.9. The van der Waals surface area contributed by atoms with Gasteiger partial charge in [0.25, 0.3) is 0 Å². The van der Waals surface area contributed by atoms with Gasteiger partial charge in [-0.25, -0.2) is 13.2 Å². The fourth-order valence-corrected chi connectivity index (χ4v) is 5.11. The quantitative estimate of drug-likeness (QED) is 0.483. The molecule has 2 rings (SSSR count). The Morgan fingerprint density at radius 1 is 1.23 bits per heavy atom. The van der Waals surface area contributed by atoms with Crippen LogP contribution in [0.25, 0.3) is 0 Å². The Morgan fingerprint density at radius 3 is 2.27 bits per heavy atom. The molecule has 1 aromatic rings. The van der Waals surface area contributed by atoms with Gasteiger partial charge in [-0.15, -0.1) is 0 Å². The van der Waals surface area contributed by atoms with Crippen molar-refractivity contribution in [3.05, 3.63) is 41.0 Å². The van der Waals surface area contributed by atoms with Crippen molar-refractivity contribution in [2.45, 2.75) is 44.7 Å². The highest BCUT2D eigenvalue weighted by molar-refractivity contribution is 7.89. The first-order chi connectivity index (χ1) is 10.2. The summed E-state index contributed by atoms with van der Waals surface area (Å²) in [6, 6.07) is 3.27. The van der Waals surface area contributed by atoms with E-state index in [1.807, 2.05) is 26.0 Å². The van der Waals surface area contributed by atoms with Crippen LogP contribution in [0.1, 0.15) is 23.6 Å². The van der Waals surface area contributed by atoms with Crippen LogP contribution in [-0.2, 0) is 19.6 Å². The molecule has 1 unspecified atom stereocenters. The molecule has 3 atom stereocenters. The smallest absolute Gasteiger partial charge is 0.330 e. The first-order valence-electron chi connectivity index (χ1n) is 7.07. The maximum absolute atomic E-state index is 12.9. The zero-order valence-corrected chi connectivity index (χ0v) is 14.3. The van der Waals surface area contributed by atoms with Gasteiger partial charge in [-0.05, 0) is 38.8 Å². The van der Waals surface area contributed by atoms with Crippen LogP contribution in [0.3, 0.4) is 0 Å². The van der Waals surface area contributed by atoms with Crippen molar-refractivity contribution < 1.29 is 17.9 Å². The van der Waals surface area contributed by atoms with Crippen molar-refractivity contribution in [2.24, 2.45) is 0 Å². The minimum absolute atomic E-state index is 0.161. The first kappa shape index (κ1) is 16.7. The minimum Gasteiger partial charge on any atom is -0.466 e. The fraction of sp³-hybridized carbons (Fsp3) is 0.438. The summed E-state index contributed by atoms with van der Waals surface area (Å²) >= 11 is 0. The average molecular weight is 323 g/mol. The highest BCUT2D eigenvalue weighted by atomic mass is 32.2. The Bertz CT molecular complexity index is 714. The fourth-order valence-electron chi connectivity index (χ4n) is 2.89. The van der Waals surface area contributed by atoms with E-state index in [1.54, 1.807) is 19.9 Å². The standard InChI is InChI=1S/C16H21NO4S/c1-10-8-11(2)16(12(3)9-10)22(19,20)17-13(4)14(17)6-7-15(18)21-5/h6-9,13-14H,1-5H3/b7-6-/t13-,14-,17?/m0/s1. The van der Waals surface area contributed by atoms with Crippen molar-refractivity contribution in [2.75, 3.05) is 7.11 Å². The summed E-state index contributed by atoms with van der Waals surface area (Å²) in [5.74, 6) is -0.487. The lowest BCUT2D eigenvalue weighted by Gasteiger charge is -2.13. The van der Waals surface area contributed by atoms with Crippen LogP contribution >= 0.6 is 0 Å². The van der Waals surface area contributed by atoms with Crippen LogP contribution in [0.2, 0.25) is 0 Å². The lowest BCUT2D eigenvalue weighted by molar-refractivity contribution is -0.134. The molecular formula is C16H21NO4S. The summed E-state index contributed by atoms with van der Waals surface area (Å²) in [6.07, 6.45) is 2.85. The highest BCUT2D eigenvalue weighted by Gasteiger charge is 2.51. The van der Waals surface area contributed by atoms with Gasteiger partial charge < -0.3 is 4.74 Å². The zero-order valence-electron chi connectivity index (χ0n) is 13.5. The van der Waals surface area contributed by atoms with E-state index in [4.69, 9.17) is 0 Å². The third kappa shape index (κ3) is 2.94. The number of methoxy groups -OCH3 is 1. The van der Waals surface area contributed by atoms with Gasteiger partial charge in [0.2, 0.25) is 10.0 Å². The number of benzene rings is 1. The molecule has 0 bridgehead atoms. The van der Waals surface area contributed by atoms with Crippen molar-refractivity contribution in [1.82, 2.24) is 4.31 Å². The molecule has 5 nitrogen and oxygen atoms in total. The molecule has 0 saturated carbocycles. The number of nitrogens with zero attached hydrogens (tertiary/aromatic N) is 1. The monoisotopic (exact) mass is 323 g/mol. The van der Waals surface area contributed by atoms with Gasteiger partial charge in [-0.1, -0.05) is 23.8 Å². The molecule has 1 aliphatic heterocycles. The van der Waals surface area contributed by atoms with Crippen molar-refractivity contribution in [1.29, 1.82) is 0 Å². The van der Waals surface area contributed by atoms with E-state index in [1.165, 1.54) is 17.5 Å². The molecule has 120 valence electrons. The molecule has 0 N–H and O–H groups in total. The number of aryl methyl sites for hydroxylation is 3. The molecule has 1 fully saturated rings. The summed E-state index contributed by atoms with van der Waals surface area (Å²) in [5.41, 5.74) is 2.52. The molecule has 0 radical (unpaired) electrons. The van der Waals surface area contributed by atoms with Crippen molar-refractivity contribution in [3.8, 4) is 0 Å². The maximum Gasteiger partial charge on any atom is 0.330 e. The molecule has 0 spiro atoms. The topological polar surface area (TPSA) is 63.5 Å². The number of rotatable bonds is 4. The lowest BCUT2D eigenvalue weighted by atomic mass is 10.1. The molecular weight excluding hydrogens is 302 g/mol. The molecule has 1 heterocycles. The number of sulfonamides is 1. The van der Waals surface area contributed by atoms with Crippen LogP contribution in [0.5, 0.6) is 0 Å². The van der Waals surface area contributed by atoms with Crippen molar-refractivity contribution >= 4 is 16.0 Å². The number of carbonyl (C=O) groups is 1. The summed E-state index contributed by atoms with van der Waals surface area (Å²) in [6.45, 7) is 7.38. The van der Waals surface area contributed by atoms with Gasteiger partial charge in [-0.2, -0.15) is 4.31 Å². The Kier molecular flexibility index (Phi) is 4.44. The molecule has 0 aliphatic carbocycles. The predicted octanol–water partition coefficient (Wildman–Crippen LogP) is 2.10. The van der Waals surface area contributed by atoms with E-state index in [9.17, 15) is 13.2 Å². The average Bonchev–Trinajstić information content (AvgIpc) is 3.05. The largest absolute Gasteiger partial charge is 0.466 e. The molecule has 6 heteroatoms. The summed E-state index contributed by atoms with van der Waals surface area (Å²) in [5, 5.41) is 0. The molecule has 0 amide bonds. The second-order valence-electron chi connectivity index (χ2n) is 5.68. The van der Waals surface area contributed by atoms with Crippen molar-refractivity contribution in [3.63, 3.8) is 0 Å². The van der Waals surface area contributed by atoms with Crippen LogP contribution < -0.4 is 0 Å². The number of hydrogen-bond donors (Lipinski definition) is 0. The normalized spacial score (nSPS) is 24.5. The van der Waals surface area contributed by atoms with Crippen LogP contribution in [0.15, 0.2) is 29.2 Å². The minimum atomic E-state index is -3.57. The molecule has 22 heavy (non-hydrogen) atoms. The molecule has 1 saturated heterocycles.